The maximum absolute atomic E-state index is 12.4. The van der Waals surface area contributed by atoms with Crippen molar-refractivity contribution in [2.45, 2.75) is 38.5 Å². The van der Waals surface area contributed by atoms with Gasteiger partial charge in [0.25, 0.3) is 0 Å². The number of rotatable bonds is 11. The monoisotopic (exact) mass is 471 g/mol. The molecule has 0 bridgehead atoms. The fourth-order valence-corrected chi connectivity index (χ4v) is 2.85. The molecule has 8 nitrogen and oxygen atoms in total. The third-order valence-corrected chi connectivity index (χ3v) is 4.84. The molecule has 2 aromatic rings. The predicted molar refractivity (Wildman–Crippen MR) is 125 cm³/mol. The number of ether oxygens (including phenoxy) is 1. The molecular weight excluding hydrogens is 446 g/mol. The van der Waals surface area contributed by atoms with Crippen LogP contribution in [0, 0.1) is 0 Å². The van der Waals surface area contributed by atoms with Crippen LogP contribution in [-0.2, 0) is 30.5 Å². The smallest absolute Gasteiger partial charge is 0.306 e. The highest BCUT2D eigenvalue weighted by molar-refractivity contribution is 6.30. The summed E-state index contributed by atoms with van der Waals surface area (Å²) in [5.41, 5.74) is 6.94. The molecule has 0 heterocycles. The predicted octanol–water partition coefficient (Wildman–Crippen LogP) is 2.35. The molecule has 9 heteroatoms. The number of benzene rings is 2. The van der Waals surface area contributed by atoms with Crippen molar-refractivity contribution >= 4 is 41.4 Å². The Balaban J connectivity index is 1.79. The zero-order valence-corrected chi connectivity index (χ0v) is 18.9. The van der Waals surface area contributed by atoms with Gasteiger partial charge in [0.2, 0.25) is 17.7 Å². The third kappa shape index (κ3) is 9.57. The average Bonchev–Trinajstić information content (AvgIpc) is 2.80. The second kappa shape index (κ2) is 13.0. The first-order valence-corrected chi connectivity index (χ1v) is 10.7. The third-order valence-electron chi connectivity index (χ3n) is 4.59. The first-order chi connectivity index (χ1) is 15.7. The molecule has 0 saturated carbocycles. The molecule has 4 N–H and O–H groups in total. The summed E-state index contributed by atoms with van der Waals surface area (Å²) < 4.78 is 5.16. The molecule has 0 aromatic heterocycles. The molecule has 2 atom stereocenters. The number of halogens is 1. The Morgan fingerprint density at radius 1 is 1.03 bits per heavy atom. The maximum atomic E-state index is 12.4. The van der Waals surface area contributed by atoms with Crippen molar-refractivity contribution in [3.05, 3.63) is 76.8 Å². The summed E-state index contributed by atoms with van der Waals surface area (Å²) in [5, 5.41) is 5.54. The summed E-state index contributed by atoms with van der Waals surface area (Å²) in [5.74, 6) is -2.41. The number of nitrogens with two attached hydrogens (primary N) is 1. The van der Waals surface area contributed by atoms with Crippen molar-refractivity contribution in [2.24, 2.45) is 5.73 Å². The normalized spacial score (nSPS) is 12.5. The van der Waals surface area contributed by atoms with E-state index in [9.17, 15) is 19.2 Å². The lowest BCUT2D eigenvalue weighted by atomic mass is 10.1. The molecular formula is C24H26ClN3O5. The van der Waals surface area contributed by atoms with E-state index in [1.54, 1.807) is 30.3 Å². The van der Waals surface area contributed by atoms with Gasteiger partial charge in [0.15, 0.2) is 0 Å². The number of carbonyl (C=O) groups is 4. The highest BCUT2D eigenvalue weighted by Gasteiger charge is 2.23. The number of amides is 3. The lowest BCUT2D eigenvalue weighted by Gasteiger charge is -2.18. The molecule has 2 rings (SSSR count). The number of hydrogen-bond acceptors (Lipinski definition) is 5. The van der Waals surface area contributed by atoms with Crippen LogP contribution in [0.2, 0.25) is 5.02 Å². The van der Waals surface area contributed by atoms with Crippen LogP contribution in [0.4, 0.5) is 0 Å². The van der Waals surface area contributed by atoms with E-state index in [0.717, 1.165) is 11.1 Å². The molecule has 0 fully saturated rings. The van der Waals surface area contributed by atoms with Crippen LogP contribution in [0.3, 0.4) is 0 Å². The van der Waals surface area contributed by atoms with Gasteiger partial charge in [0, 0.05) is 17.5 Å². The fourth-order valence-electron chi connectivity index (χ4n) is 2.73. The van der Waals surface area contributed by atoms with E-state index in [1.807, 2.05) is 30.3 Å². The molecule has 0 radical (unpaired) electrons. The zero-order valence-electron chi connectivity index (χ0n) is 18.1. The summed E-state index contributed by atoms with van der Waals surface area (Å²) >= 11 is 5.82. The van der Waals surface area contributed by atoms with Gasteiger partial charge in [-0.25, -0.2) is 0 Å². The van der Waals surface area contributed by atoms with Crippen LogP contribution in [-0.4, -0.2) is 35.8 Å². The van der Waals surface area contributed by atoms with Crippen molar-refractivity contribution in [1.29, 1.82) is 0 Å². The molecule has 0 spiro atoms. The number of hydrogen-bond donors (Lipinski definition) is 3. The van der Waals surface area contributed by atoms with Gasteiger partial charge in [-0.3, -0.25) is 19.2 Å². The minimum atomic E-state index is -1.08. The Morgan fingerprint density at radius 2 is 1.70 bits per heavy atom. The molecule has 3 amide bonds. The summed E-state index contributed by atoms with van der Waals surface area (Å²) in [6, 6.07) is 14.0. The highest BCUT2D eigenvalue weighted by Crippen LogP contribution is 2.10. The Labute approximate surface area is 197 Å². The lowest BCUT2D eigenvalue weighted by Crippen LogP contribution is -2.51. The van der Waals surface area contributed by atoms with E-state index >= 15 is 0 Å². The highest BCUT2D eigenvalue weighted by atomic mass is 35.5. The molecule has 174 valence electrons. The van der Waals surface area contributed by atoms with E-state index in [-0.39, 0.29) is 19.4 Å². The van der Waals surface area contributed by atoms with Crippen LogP contribution in [0.5, 0.6) is 0 Å². The molecule has 1 unspecified atom stereocenters. The number of carbonyl (C=O) groups excluding carboxylic acids is 4. The largest absolute Gasteiger partial charge is 0.461 e. The Bertz CT molecular complexity index is 993. The van der Waals surface area contributed by atoms with Gasteiger partial charge in [0.1, 0.15) is 18.7 Å². The van der Waals surface area contributed by atoms with Gasteiger partial charge in [-0.15, -0.1) is 0 Å². The van der Waals surface area contributed by atoms with Crippen molar-refractivity contribution in [3.8, 4) is 0 Å². The van der Waals surface area contributed by atoms with Crippen LogP contribution in [0.25, 0.3) is 6.08 Å². The number of primary amides is 1. The van der Waals surface area contributed by atoms with E-state index in [4.69, 9.17) is 22.1 Å². The van der Waals surface area contributed by atoms with Crippen LogP contribution in [0.15, 0.2) is 60.7 Å². The number of esters is 1. The van der Waals surface area contributed by atoms with E-state index < -0.39 is 35.8 Å². The van der Waals surface area contributed by atoms with Crippen LogP contribution >= 0.6 is 11.6 Å². The van der Waals surface area contributed by atoms with Gasteiger partial charge in [-0.1, -0.05) is 54.1 Å². The van der Waals surface area contributed by atoms with E-state index in [0.29, 0.717) is 5.02 Å². The SMILES string of the molecule is CC(NC(=O)/C=C/c1ccc(Cl)cc1)C(=O)N[C@@H](CCC(=O)OCc1ccccc1)C(N)=O. The summed E-state index contributed by atoms with van der Waals surface area (Å²) in [6.45, 7) is 1.58. The molecule has 0 aliphatic heterocycles. The summed E-state index contributed by atoms with van der Waals surface area (Å²) in [6.07, 6.45) is 2.72. The molecule has 2 aromatic carbocycles. The van der Waals surface area contributed by atoms with Crippen molar-refractivity contribution in [2.75, 3.05) is 0 Å². The quantitative estimate of drug-likeness (QED) is 0.342. The second-order valence-electron chi connectivity index (χ2n) is 7.26. The Hall–Kier alpha value is -3.65. The fraction of sp³-hybridized carbons (Fsp3) is 0.250. The van der Waals surface area contributed by atoms with Gasteiger partial charge in [-0.2, -0.15) is 0 Å². The Morgan fingerprint density at radius 3 is 2.33 bits per heavy atom. The molecule has 33 heavy (non-hydrogen) atoms. The van der Waals surface area contributed by atoms with Crippen molar-refractivity contribution in [3.63, 3.8) is 0 Å². The van der Waals surface area contributed by atoms with Gasteiger partial charge < -0.3 is 21.1 Å². The topological polar surface area (TPSA) is 128 Å². The van der Waals surface area contributed by atoms with Gasteiger partial charge in [-0.05, 0) is 42.7 Å². The van der Waals surface area contributed by atoms with Crippen molar-refractivity contribution in [1.82, 2.24) is 10.6 Å². The van der Waals surface area contributed by atoms with Gasteiger partial charge >= 0.3 is 5.97 Å². The molecule has 0 aliphatic rings. The summed E-state index contributed by atoms with van der Waals surface area (Å²) in [4.78, 5) is 48.1. The average molecular weight is 472 g/mol. The molecule has 0 saturated heterocycles. The maximum Gasteiger partial charge on any atom is 0.306 e. The summed E-state index contributed by atoms with van der Waals surface area (Å²) in [7, 11) is 0. The first-order valence-electron chi connectivity index (χ1n) is 10.3. The Kier molecular flexibility index (Phi) is 10.1. The number of nitrogens with one attached hydrogen (secondary N) is 2. The second-order valence-corrected chi connectivity index (χ2v) is 7.70. The molecule has 0 aliphatic carbocycles. The van der Waals surface area contributed by atoms with Crippen molar-refractivity contribution < 1.29 is 23.9 Å². The first kappa shape index (κ1) is 25.6. The van der Waals surface area contributed by atoms with Crippen LogP contribution in [0.1, 0.15) is 30.9 Å². The standard InChI is InChI=1S/C24H26ClN3O5/c1-16(27-21(29)13-9-17-7-10-19(25)11-8-17)24(32)28-20(23(26)31)12-14-22(30)33-15-18-5-3-2-4-6-18/h2-11,13,16,20H,12,14-15H2,1H3,(H2,26,31)(H,27,29)(H,28,32)/b13-9+/t16?,20-/m0/s1. The van der Waals surface area contributed by atoms with Crippen LogP contribution < -0.4 is 16.4 Å². The lowest BCUT2D eigenvalue weighted by molar-refractivity contribution is -0.145. The minimum absolute atomic E-state index is 0.0220. The van der Waals surface area contributed by atoms with E-state index in [2.05, 4.69) is 10.6 Å². The van der Waals surface area contributed by atoms with E-state index in [1.165, 1.54) is 13.0 Å². The van der Waals surface area contributed by atoms with Gasteiger partial charge in [0.05, 0.1) is 0 Å². The minimum Gasteiger partial charge on any atom is -0.461 e. The zero-order chi connectivity index (χ0) is 24.2.